The third-order valence-electron chi connectivity index (χ3n) is 4.67. The van der Waals surface area contributed by atoms with Crippen LogP contribution in [0.5, 0.6) is 0 Å². The minimum absolute atomic E-state index is 0.00273. The molecular weight excluding hydrogens is 212 g/mol. The summed E-state index contributed by atoms with van der Waals surface area (Å²) in [6.07, 6.45) is 6.11. The molecule has 3 rings (SSSR count). The molecule has 0 saturated heterocycles. The van der Waals surface area contributed by atoms with Crippen LogP contribution in [0.15, 0.2) is 11.6 Å². The molecule has 2 bridgehead atoms. The van der Waals surface area contributed by atoms with E-state index < -0.39 is 0 Å². The van der Waals surface area contributed by atoms with Crippen LogP contribution in [0, 0.1) is 17.3 Å². The Morgan fingerprint density at radius 3 is 2.76 bits per heavy atom. The first-order valence-electron chi connectivity index (χ1n) is 6.84. The molecule has 1 fully saturated rings. The summed E-state index contributed by atoms with van der Waals surface area (Å²) in [5, 5.41) is 0. The predicted octanol–water partition coefficient (Wildman–Crippen LogP) is 3.71. The van der Waals surface area contributed by atoms with E-state index in [0.717, 1.165) is 19.3 Å². The van der Waals surface area contributed by atoms with Crippen molar-refractivity contribution in [3.63, 3.8) is 0 Å². The van der Waals surface area contributed by atoms with Crippen LogP contribution in [0.4, 0.5) is 0 Å². The molecule has 0 aromatic rings. The average molecular weight is 236 g/mol. The molecule has 0 N–H and O–H groups in total. The van der Waals surface area contributed by atoms with E-state index in [9.17, 15) is 4.79 Å². The number of hydrogen-bond donors (Lipinski definition) is 0. The molecular formula is C15H24O2. The Kier molecular flexibility index (Phi) is 3.33. The van der Waals surface area contributed by atoms with E-state index in [1.807, 2.05) is 0 Å². The van der Waals surface area contributed by atoms with Crippen molar-refractivity contribution in [1.82, 2.24) is 0 Å². The van der Waals surface area contributed by atoms with Crippen molar-refractivity contribution in [3.05, 3.63) is 11.6 Å². The maximum atomic E-state index is 11.7. The van der Waals surface area contributed by atoms with Crippen molar-refractivity contribution in [1.29, 1.82) is 0 Å². The molecule has 2 nitrogen and oxygen atoms in total. The second kappa shape index (κ2) is 4.47. The summed E-state index contributed by atoms with van der Waals surface area (Å²) >= 11 is 0. The van der Waals surface area contributed by atoms with Crippen LogP contribution in [0.1, 0.15) is 53.4 Å². The third kappa shape index (κ3) is 2.02. The molecule has 0 amide bonds. The number of allylic oxidation sites excluding steroid dienone is 1. The minimum Gasteiger partial charge on any atom is -0.461 e. The molecule has 3 atom stereocenters. The Bertz CT molecular complexity index is 341. The normalized spacial score (nSPS) is 33.6. The maximum Gasteiger partial charge on any atom is 0.306 e. The van der Waals surface area contributed by atoms with Crippen LogP contribution in [0.2, 0.25) is 0 Å². The van der Waals surface area contributed by atoms with Crippen LogP contribution >= 0.6 is 0 Å². The number of carbonyl (C=O) groups is 1. The number of carbonyl (C=O) groups excluding carboxylic acids is 1. The van der Waals surface area contributed by atoms with Gasteiger partial charge < -0.3 is 4.74 Å². The Labute approximate surface area is 104 Å². The highest BCUT2D eigenvalue weighted by atomic mass is 16.5. The van der Waals surface area contributed by atoms with Crippen LogP contribution in [0.3, 0.4) is 0 Å². The van der Waals surface area contributed by atoms with Gasteiger partial charge in [-0.15, -0.1) is 0 Å². The molecule has 17 heavy (non-hydrogen) atoms. The van der Waals surface area contributed by atoms with Gasteiger partial charge in [-0.05, 0) is 25.2 Å². The van der Waals surface area contributed by atoms with Gasteiger partial charge in [0.05, 0.1) is 0 Å². The van der Waals surface area contributed by atoms with Crippen molar-refractivity contribution in [3.8, 4) is 0 Å². The van der Waals surface area contributed by atoms with Gasteiger partial charge in [-0.3, -0.25) is 4.79 Å². The van der Waals surface area contributed by atoms with E-state index in [1.165, 1.54) is 5.57 Å². The Morgan fingerprint density at radius 2 is 2.24 bits per heavy atom. The standard InChI is InChI=1S/C15H24O2/c1-5-6-7-12(16)17-14-11-9-8-10(2)13(14)15(11,3)4/h8,11,13-14H,5-7,9H2,1-4H3/t11-,13+,14?/m1/s1. The third-order valence-corrected chi connectivity index (χ3v) is 4.67. The Morgan fingerprint density at radius 1 is 1.53 bits per heavy atom. The lowest BCUT2D eigenvalue weighted by atomic mass is 9.47. The van der Waals surface area contributed by atoms with Crippen molar-refractivity contribution in [2.45, 2.75) is 59.5 Å². The molecule has 2 heteroatoms. The zero-order valence-electron chi connectivity index (χ0n) is 11.5. The molecule has 0 aromatic carbocycles. The first kappa shape index (κ1) is 12.7. The largest absolute Gasteiger partial charge is 0.461 e. The fourth-order valence-corrected chi connectivity index (χ4v) is 3.60. The summed E-state index contributed by atoms with van der Waals surface area (Å²) in [5.74, 6) is 0.977. The first-order valence-corrected chi connectivity index (χ1v) is 6.84. The number of hydrogen-bond acceptors (Lipinski definition) is 2. The Balaban J connectivity index is 1.97. The van der Waals surface area contributed by atoms with Gasteiger partial charge in [-0.1, -0.05) is 38.8 Å². The molecule has 1 unspecified atom stereocenters. The monoisotopic (exact) mass is 236 g/mol. The highest BCUT2D eigenvalue weighted by Gasteiger charge is 2.60. The second-order valence-electron chi connectivity index (χ2n) is 6.15. The number of ether oxygens (including phenoxy) is 1. The zero-order valence-corrected chi connectivity index (χ0v) is 11.5. The van der Waals surface area contributed by atoms with Crippen molar-refractivity contribution < 1.29 is 9.53 Å². The van der Waals surface area contributed by atoms with Gasteiger partial charge in [0.1, 0.15) is 6.10 Å². The van der Waals surface area contributed by atoms with Gasteiger partial charge in [0.2, 0.25) is 0 Å². The van der Waals surface area contributed by atoms with Crippen molar-refractivity contribution >= 4 is 5.97 Å². The lowest BCUT2D eigenvalue weighted by Gasteiger charge is -2.60. The van der Waals surface area contributed by atoms with E-state index in [2.05, 4.69) is 33.8 Å². The topological polar surface area (TPSA) is 26.3 Å². The van der Waals surface area contributed by atoms with Gasteiger partial charge in [-0.2, -0.15) is 0 Å². The second-order valence-corrected chi connectivity index (χ2v) is 6.15. The molecule has 96 valence electrons. The van der Waals surface area contributed by atoms with E-state index in [4.69, 9.17) is 4.74 Å². The molecule has 0 spiro atoms. The lowest BCUT2D eigenvalue weighted by Crippen LogP contribution is -2.61. The first-order chi connectivity index (χ1) is 7.98. The molecule has 0 radical (unpaired) electrons. The SMILES string of the molecule is CCCCC(=O)OC1[C@H]2CC=C(C)[C@@H]1C2(C)C. The number of unbranched alkanes of at least 4 members (excludes halogenated alkanes) is 1. The van der Waals surface area contributed by atoms with Gasteiger partial charge in [0, 0.05) is 18.3 Å². The fourth-order valence-electron chi connectivity index (χ4n) is 3.60. The summed E-state index contributed by atoms with van der Waals surface area (Å²) in [4.78, 5) is 11.7. The van der Waals surface area contributed by atoms with Crippen molar-refractivity contribution in [2.75, 3.05) is 0 Å². The molecule has 3 aliphatic carbocycles. The number of fused-ring (bicyclic) bond motifs is 1. The summed E-state index contributed by atoms with van der Waals surface area (Å²) in [5.41, 5.74) is 1.72. The molecule has 0 aliphatic heterocycles. The van der Waals surface area contributed by atoms with Gasteiger partial charge in [-0.25, -0.2) is 0 Å². The lowest BCUT2D eigenvalue weighted by molar-refractivity contribution is -0.192. The molecule has 3 aliphatic rings. The van der Waals surface area contributed by atoms with Gasteiger partial charge in [0.25, 0.3) is 0 Å². The number of esters is 1. The van der Waals surface area contributed by atoms with E-state index >= 15 is 0 Å². The van der Waals surface area contributed by atoms with E-state index in [0.29, 0.717) is 23.7 Å². The summed E-state index contributed by atoms with van der Waals surface area (Å²) in [7, 11) is 0. The maximum absolute atomic E-state index is 11.7. The molecule has 0 heterocycles. The molecule has 0 aromatic heterocycles. The number of rotatable bonds is 4. The average Bonchev–Trinajstić information content (AvgIpc) is 2.25. The molecule has 1 saturated carbocycles. The summed E-state index contributed by atoms with van der Waals surface area (Å²) < 4.78 is 5.68. The Hall–Kier alpha value is -0.790. The van der Waals surface area contributed by atoms with Crippen LogP contribution < -0.4 is 0 Å². The predicted molar refractivity (Wildman–Crippen MR) is 68.5 cm³/mol. The van der Waals surface area contributed by atoms with Crippen molar-refractivity contribution in [2.24, 2.45) is 17.3 Å². The quantitative estimate of drug-likeness (QED) is 0.549. The van der Waals surface area contributed by atoms with Crippen LogP contribution in [-0.2, 0) is 9.53 Å². The van der Waals surface area contributed by atoms with Gasteiger partial charge in [0.15, 0.2) is 0 Å². The fraction of sp³-hybridized carbons (Fsp3) is 0.800. The van der Waals surface area contributed by atoms with E-state index in [-0.39, 0.29) is 12.1 Å². The summed E-state index contributed by atoms with van der Waals surface area (Å²) in [6, 6.07) is 0. The highest BCUT2D eigenvalue weighted by molar-refractivity contribution is 5.69. The van der Waals surface area contributed by atoms with Crippen LogP contribution in [0.25, 0.3) is 0 Å². The van der Waals surface area contributed by atoms with E-state index in [1.54, 1.807) is 0 Å². The van der Waals surface area contributed by atoms with Gasteiger partial charge >= 0.3 is 5.97 Å². The zero-order chi connectivity index (χ0) is 12.6. The van der Waals surface area contributed by atoms with Crippen LogP contribution in [-0.4, -0.2) is 12.1 Å². The highest BCUT2D eigenvalue weighted by Crippen LogP contribution is 2.60. The smallest absolute Gasteiger partial charge is 0.306 e. The minimum atomic E-state index is -0.00273. The summed E-state index contributed by atoms with van der Waals surface area (Å²) in [6.45, 7) is 8.88.